The first-order valence-corrected chi connectivity index (χ1v) is 9.03. The van der Waals surface area contributed by atoms with E-state index in [1.54, 1.807) is 18.2 Å². The van der Waals surface area contributed by atoms with Crippen LogP contribution in [0, 0.1) is 10.1 Å². The van der Waals surface area contributed by atoms with Crippen molar-refractivity contribution < 1.29 is 19.2 Å². The zero-order valence-electron chi connectivity index (χ0n) is 15.0. The summed E-state index contributed by atoms with van der Waals surface area (Å²) in [5, 5.41) is 14.2. The van der Waals surface area contributed by atoms with E-state index in [2.05, 4.69) is 10.3 Å². The smallest absolute Gasteiger partial charge is 0.357 e. The third-order valence-electron chi connectivity index (χ3n) is 4.85. The van der Waals surface area contributed by atoms with Crippen molar-refractivity contribution in [1.82, 2.24) is 4.98 Å². The maximum absolute atomic E-state index is 12.6. The summed E-state index contributed by atoms with van der Waals surface area (Å²) < 4.78 is 5.38. The van der Waals surface area contributed by atoms with Crippen LogP contribution in [0.5, 0.6) is 0 Å². The van der Waals surface area contributed by atoms with Crippen molar-refractivity contribution in [2.75, 3.05) is 23.3 Å². The lowest BCUT2D eigenvalue weighted by Crippen LogP contribution is -2.32. The van der Waals surface area contributed by atoms with E-state index in [0.29, 0.717) is 18.7 Å². The number of nitro benzene ring substituents is 1. The zero-order valence-corrected chi connectivity index (χ0v) is 15.0. The standard InChI is InChI=1S/C19H18N4O5/c24-18-17(8-10-22(18)12-3-1-4-13(11-12)23(26)27)28-19(25)16-7-6-14-15(21-16)5-2-9-20-14/h1,3-4,6-7,11,17,20H,2,5,8-10H2. The Kier molecular flexibility index (Phi) is 4.64. The van der Waals surface area contributed by atoms with Crippen LogP contribution in [0.15, 0.2) is 36.4 Å². The number of ether oxygens (including phenoxy) is 1. The Morgan fingerprint density at radius 2 is 2.18 bits per heavy atom. The zero-order chi connectivity index (χ0) is 19.7. The Morgan fingerprint density at radius 1 is 1.32 bits per heavy atom. The molecule has 2 aromatic rings. The first-order valence-electron chi connectivity index (χ1n) is 9.03. The van der Waals surface area contributed by atoms with Gasteiger partial charge in [0.05, 0.1) is 22.0 Å². The van der Waals surface area contributed by atoms with Crippen LogP contribution in [0.4, 0.5) is 17.1 Å². The molecule has 1 amide bonds. The van der Waals surface area contributed by atoms with Gasteiger partial charge in [0.1, 0.15) is 5.69 Å². The minimum absolute atomic E-state index is 0.0994. The van der Waals surface area contributed by atoms with Gasteiger partial charge in [0.25, 0.3) is 11.6 Å². The highest BCUT2D eigenvalue weighted by molar-refractivity contribution is 6.01. The number of amides is 1. The second-order valence-electron chi connectivity index (χ2n) is 6.67. The molecular formula is C19H18N4O5. The van der Waals surface area contributed by atoms with E-state index in [9.17, 15) is 19.7 Å². The van der Waals surface area contributed by atoms with Crippen LogP contribution >= 0.6 is 0 Å². The number of anilines is 2. The summed E-state index contributed by atoms with van der Waals surface area (Å²) in [7, 11) is 0. The summed E-state index contributed by atoms with van der Waals surface area (Å²) >= 11 is 0. The molecule has 0 bridgehead atoms. The molecule has 0 radical (unpaired) electrons. The molecule has 144 valence electrons. The van der Waals surface area contributed by atoms with Gasteiger partial charge >= 0.3 is 5.97 Å². The summed E-state index contributed by atoms with van der Waals surface area (Å²) in [5.74, 6) is -1.04. The first-order chi connectivity index (χ1) is 13.5. The normalized spacial score (nSPS) is 18.4. The van der Waals surface area contributed by atoms with Gasteiger partial charge in [-0.3, -0.25) is 14.9 Å². The number of non-ortho nitro benzene ring substituents is 1. The van der Waals surface area contributed by atoms with Gasteiger partial charge in [0.2, 0.25) is 0 Å². The maximum atomic E-state index is 12.6. The summed E-state index contributed by atoms with van der Waals surface area (Å²) in [4.78, 5) is 41.3. The van der Waals surface area contributed by atoms with Gasteiger partial charge in [-0.15, -0.1) is 0 Å². The topological polar surface area (TPSA) is 115 Å². The molecule has 2 aliphatic rings. The fourth-order valence-electron chi connectivity index (χ4n) is 3.43. The lowest BCUT2D eigenvalue weighted by atomic mass is 10.1. The van der Waals surface area contributed by atoms with Gasteiger partial charge in [0.15, 0.2) is 6.10 Å². The third-order valence-corrected chi connectivity index (χ3v) is 4.85. The van der Waals surface area contributed by atoms with Crippen LogP contribution in [0.3, 0.4) is 0 Å². The minimum atomic E-state index is -0.928. The van der Waals surface area contributed by atoms with Crippen LogP contribution in [0.25, 0.3) is 0 Å². The highest BCUT2D eigenvalue weighted by Gasteiger charge is 2.36. The van der Waals surface area contributed by atoms with E-state index in [1.807, 2.05) is 0 Å². The number of carbonyl (C=O) groups excluding carboxylic acids is 2. The molecule has 0 saturated carbocycles. The molecule has 0 aliphatic carbocycles. The van der Waals surface area contributed by atoms with Gasteiger partial charge in [-0.2, -0.15) is 0 Å². The number of aryl methyl sites for hydroxylation is 1. The Hall–Kier alpha value is -3.49. The number of hydrogen-bond acceptors (Lipinski definition) is 7. The van der Waals surface area contributed by atoms with Crippen LogP contribution < -0.4 is 10.2 Å². The number of carbonyl (C=O) groups is 2. The lowest BCUT2D eigenvalue weighted by molar-refractivity contribution is -0.384. The number of nitrogens with zero attached hydrogens (tertiary/aromatic N) is 3. The van der Waals surface area contributed by atoms with Crippen molar-refractivity contribution in [1.29, 1.82) is 0 Å². The molecule has 1 fully saturated rings. The number of nitrogens with one attached hydrogen (secondary N) is 1. The highest BCUT2D eigenvalue weighted by Crippen LogP contribution is 2.27. The van der Waals surface area contributed by atoms with Gasteiger partial charge in [-0.25, -0.2) is 9.78 Å². The number of fused-ring (bicyclic) bond motifs is 1. The number of nitro groups is 1. The molecule has 1 atom stereocenters. The minimum Gasteiger partial charge on any atom is -0.447 e. The predicted molar refractivity (Wildman–Crippen MR) is 100 cm³/mol. The molecule has 0 spiro atoms. The monoisotopic (exact) mass is 382 g/mol. The van der Waals surface area contributed by atoms with Crippen LogP contribution in [0.1, 0.15) is 29.0 Å². The van der Waals surface area contributed by atoms with Crippen LogP contribution in [-0.4, -0.2) is 41.0 Å². The second kappa shape index (κ2) is 7.26. The molecule has 28 heavy (non-hydrogen) atoms. The molecule has 1 unspecified atom stereocenters. The average molecular weight is 382 g/mol. The quantitative estimate of drug-likeness (QED) is 0.490. The highest BCUT2D eigenvalue weighted by atomic mass is 16.6. The van der Waals surface area contributed by atoms with Crippen molar-refractivity contribution in [2.24, 2.45) is 0 Å². The summed E-state index contributed by atoms with van der Waals surface area (Å²) in [6.45, 7) is 1.20. The largest absolute Gasteiger partial charge is 0.447 e. The Labute approximate surface area is 160 Å². The lowest BCUT2D eigenvalue weighted by Gasteiger charge is -2.18. The summed E-state index contributed by atoms with van der Waals surface area (Å²) in [5.41, 5.74) is 2.21. The molecule has 1 aromatic heterocycles. The molecule has 3 heterocycles. The van der Waals surface area contributed by atoms with E-state index < -0.39 is 22.9 Å². The van der Waals surface area contributed by atoms with E-state index >= 15 is 0 Å². The van der Waals surface area contributed by atoms with Crippen molar-refractivity contribution in [3.05, 3.63) is 57.9 Å². The van der Waals surface area contributed by atoms with E-state index in [4.69, 9.17) is 4.74 Å². The molecule has 2 aliphatic heterocycles. The molecular weight excluding hydrogens is 364 g/mol. The maximum Gasteiger partial charge on any atom is 0.357 e. The number of rotatable bonds is 4. The number of pyridine rings is 1. The van der Waals surface area contributed by atoms with Crippen LogP contribution in [0.2, 0.25) is 0 Å². The van der Waals surface area contributed by atoms with Crippen molar-refractivity contribution >= 4 is 28.9 Å². The Bertz CT molecular complexity index is 961. The van der Waals surface area contributed by atoms with E-state index in [0.717, 1.165) is 30.8 Å². The number of aromatic nitrogens is 1. The molecule has 4 rings (SSSR count). The van der Waals surface area contributed by atoms with Gasteiger partial charge in [-0.1, -0.05) is 6.07 Å². The molecule has 1 aromatic carbocycles. The SMILES string of the molecule is O=C(OC1CCN(c2cccc([N+](=O)[O-])c2)C1=O)c1ccc2c(n1)CCCN2. The van der Waals surface area contributed by atoms with E-state index in [1.165, 1.54) is 23.1 Å². The second-order valence-corrected chi connectivity index (χ2v) is 6.67. The van der Waals surface area contributed by atoms with Crippen molar-refractivity contribution in [3.63, 3.8) is 0 Å². The Morgan fingerprint density at radius 3 is 3.00 bits per heavy atom. The number of hydrogen-bond donors (Lipinski definition) is 1. The van der Waals surface area contributed by atoms with Gasteiger partial charge in [-0.05, 0) is 31.0 Å². The molecule has 1 N–H and O–H groups in total. The predicted octanol–water partition coefficient (Wildman–Crippen LogP) is 2.31. The third kappa shape index (κ3) is 3.38. The first kappa shape index (κ1) is 17.9. The fourth-order valence-corrected chi connectivity index (χ4v) is 3.43. The summed E-state index contributed by atoms with van der Waals surface area (Å²) in [6, 6.07) is 9.21. The van der Waals surface area contributed by atoms with Crippen molar-refractivity contribution in [2.45, 2.75) is 25.4 Å². The van der Waals surface area contributed by atoms with Gasteiger partial charge in [0, 0.05) is 31.6 Å². The molecule has 9 heteroatoms. The molecule has 9 nitrogen and oxygen atoms in total. The molecule has 1 saturated heterocycles. The summed E-state index contributed by atoms with van der Waals surface area (Å²) in [6.07, 6.45) is 1.12. The number of benzene rings is 1. The Balaban J connectivity index is 1.46. The van der Waals surface area contributed by atoms with E-state index in [-0.39, 0.29) is 11.4 Å². The number of esters is 1. The fraction of sp³-hybridized carbons (Fsp3) is 0.316. The average Bonchev–Trinajstić information content (AvgIpc) is 3.08. The van der Waals surface area contributed by atoms with Gasteiger partial charge < -0.3 is 15.0 Å². The van der Waals surface area contributed by atoms with Crippen molar-refractivity contribution in [3.8, 4) is 0 Å². The van der Waals surface area contributed by atoms with Crippen LogP contribution in [-0.2, 0) is 16.0 Å².